The van der Waals surface area contributed by atoms with E-state index in [1.54, 1.807) is 0 Å². The zero-order valence-electron chi connectivity index (χ0n) is 23.1. The summed E-state index contributed by atoms with van der Waals surface area (Å²) < 4.78 is 0. The number of hydrogen-bond acceptors (Lipinski definition) is 2. The minimum absolute atomic E-state index is 0.275. The zero-order valence-corrected chi connectivity index (χ0v) is 23.1. The van der Waals surface area contributed by atoms with Gasteiger partial charge in [0, 0.05) is 24.8 Å². The average molecular weight is 489 g/mol. The van der Waals surface area contributed by atoms with E-state index >= 15 is 0 Å². The van der Waals surface area contributed by atoms with E-state index in [-0.39, 0.29) is 5.78 Å². The summed E-state index contributed by atoms with van der Waals surface area (Å²) in [6, 6.07) is 15.3. The number of Topliss-reactive ketones (excluding diaryl/α,β-unsaturated/α-hetero) is 2. The van der Waals surface area contributed by atoms with Crippen molar-refractivity contribution in [1.82, 2.24) is 0 Å². The van der Waals surface area contributed by atoms with Gasteiger partial charge in [-0.2, -0.15) is 0 Å². The van der Waals surface area contributed by atoms with Crippen molar-refractivity contribution in [1.29, 1.82) is 0 Å². The molecule has 0 bridgehead atoms. The van der Waals surface area contributed by atoms with Gasteiger partial charge in [0.2, 0.25) is 0 Å². The number of ketones is 2. The Kier molecular flexibility index (Phi) is 11.9. The molecule has 1 aliphatic carbocycles. The monoisotopic (exact) mass is 488 g/mol. The van der Waals surface area contributed by atoms with E-state index in [0.717, 1.165) is 62.8 Å². The molecule has 0 aliphatic heterocycles. The van der Waals surface area contributed by atoms with E-state index in [4.69, 9.17) is 0 Å². The Hall–Kier alpha value is -2.22. The largest absolute Gasteiger partial charge is 0.300 e. The quantitative estimate of drug-likeness (QED) is 0.185. The van der Waals surface area contributed by atoms with Crippen LogP contribution in [0.3, 0.4) is 0 Å². The predicted octanol–water partition coefficient (Wildman–Crippen LogP) is 9.04. The topological polar surface area (TPSA) is 34.1 Å². The Bertz CT molecular complexity index is 973. The molecule has 0 heterocycles. The van der Waals surface area contributed by atoms with Gasteiger partial charge in [0.05, 0.1) is 0 Å². The molecule has 36 heavy (non-hydrogen) atoms. The maximum atomic E-state index is 12.8. The number of carbonyl (C=O) groups is 2. The minimum Gasteiger partial charge on any atom is -0.300 e. The third-order valence-electron chi connectivity index (χ3n) is 8.28. The van der Waals surface area contributed by atoms with Crippen LogP contribution in [-0.2, 0) is 24.1 Å². The molecule has 0 N–H and O–H groups in total. The summed E-state index contributed by atoms with van der Waals surface area (Å²) in [7, 11) is 0. The Labute approximate surface area is 220 Å². The normalized spacial score (nSPS) is 16.8. The Morgan fingerprint density at radius 3 is 2.56 bits per heavy atom. The molecule has 0 spiro atoms. The molecule has 2 unspecified atom stereocenters. The lowest BCUT2D eigenvalue weighted by Crippen LogP contribution is -2.14. The summed E-state index contributed by atoms with van der Waals surface area (Å²) >= 11 is 0. The number of unbranched alkanes of at least 4 members (excludes halogenated alkanes) is 1. The van der Waals surface area contributed by atoms with Gasteiger partial charge in [-0.1, -0.05) is 75.9 Å². The smallest absolute Gasteiger partial charge is 0.162 e. The first-order valence-corrected chi connectivity index (χ1v) is 14.7. The van der Waals surface area contributed by atoms with Crippen molar-refractivity contribution in [3.63, 3.8) is 0 Å². The van der Waals surface area contributed by atoms with Gasteiger partial charge in [0.25, 0.3) is 0 Å². The summed E-state index contributed by atoms with van der Waals surface area (Å²) in [4.78, 5) is 24.5. The Balaban J connectivity index is 1.46. The van der Waals surface area contributed by atoms with Crippen LogP contribution < -0.4 is 0 Å². The number of carbonyl (C=O) groups excluding carboxylic acids is 2. The van der Waals surface area contributed by atoms with Crippen LogP contribution >= 0.6 is 0 Å². The maximum absolute atomic E-state index is 12.8. The van der Waals surface area contributed by atoms with Crippen LogP contribution in [0.4, 0.5) is 0 Å². The zero-order chi connectivity index (χ0) is 25.8. The third kappa shape index (κ3) is 9.02. The highest BCUT2D eigenvalue weighted by Crippen LogP contribution is 2.27. The molecule has 0 amide bonds. The van der Waals surface area contributed by atoms with E-state index in [2.05, 4.69) is 63.2 Å². The van der Waals surface area contributed by atoms with Gasteiger partial charge >= 0.3 is 0 Å². The third-order valence-corrected chi connectivity index (χ3v) is 8.28. The predicted molar refractivity (Wildman–Crippen MR) is 152 cm³/mol. The number of benzene rings is 2. The summed E-state index contributed by atoms with van der Waals surface area (Å²) in [5.74, 6) is 2.01. The van der Waals surface area contributed by atoms with E-state index in [1.807, 2.05) is 0 Å². The van der Waals surface area contributed by atoms with Crippen molar-refractivity contribution in [3.8, 4) is 0 Å². The Morgan fingerprint density at radius 2 is 1.81 bits per heavy atom. The van der Waals surface area contributed by atoms with Crippen molar-refractivity contribution >= 4 is 11.6 Å². The van der Waals surface area contributed by atoms with E-state index in [9.17, 15) is 9.59 Å². The molecule has 2 aromatic carbocycles. The van der Waals surface area contributed by atoms with Crippen LogP contribution in [0.15, 0.2) is 42.5 Å². The van der Waals surface area contributed by atoms with Crippen LogP contribution in [0.5, 0.6) is 0 Å². The van der Waals surface area contributed by atoms with Crippen molar-refractivity contribution in [2.24, 2.45) is 11.8 Å². The van der Waals surface area contributed by atoms with Crippen molar-refractivity contribution in [2.75, 3.05) is 0 Å². The van der Waals surface area contributed by atoms with E-state index in [0.29, 0.717) is 18.1 Å². The van der Waals surface area contributed by atoms with Gasteiger partial charge in [-0.15, -0.1) is 0 Å². The molecule has 1 aliphatic rings. The van der Waals surface area contributed by atoms with Gasteiger partial charge in [-0.25, -0.2) is 0 Å². The van der Waals surface area contributed by atoms with Crippen LogP contribution in [0.1, 0.15) is 124 Å². The minimum atomic E-state index is 0.275. The fourth-order valence-electron chi connectivity index (χ4n) is 6.08. The number of rotatable bonds is 15. The molecular formula is C34H48O2. The molecule has 0 saturated heterocycles. The highest BCUT2D eigenvalue weighted by Gasteiger charge is 2.19. The molecular weight excluding hydrogens is 440 g/mol. The van der Waals surface area contributed by atoms with Gasteiger partial charge in [0.15, 0.2) is 5.78 Å². The first-order chi connectivity index (χ1) is 17.5. The van der Waals surface area contributed by atoms with Gasteiger partial charge in [-0.05, 0) is 98.4 Å². The lowest BCUT2D eigenvalue weighted by molar-refractivity contribution is -0.121. The molecule has 1 fully saturated rings. The average Bonchev–Trinajstić information content (AvgIpc) is 2.88. The fourth-order valence-corrected chi connectivity index (χ4v) is 6.08. The first-order valence-electron chi connectivity index (χ1n) is 14.7. The van der Waals surface area contributed by atoms with E-state index < -0.39 is 0 Å². The lowest BCUT2D eigenvalue weighted by atomic mass is 9.84. The standard InChI is InChI=1S/C34H48O2/c1-4-12-27(23-31-17-8-6-13-26(31)3)15-10-18-30-21-22-32(25-29(30)5-2)34(36)20-9-7-14-28-16-11-19-33(35)24-28/h6,8,13,17,21-22,25,27-28H,4-5,7,9-12,14-16,18-20,23-24H2,1-3H3. The van der Waals surface area contributed by atoms with Gasteiger partial charge in [-0.3, -0.25) is 9.59 Å². The molecule has 0 radical (unpaired) electrons. The molecule has 0 aromatic heterocycles. The number of aryl methyl sites for hydroxylation is 3. The van der Waals surface area contributed by atoms with Crippen LogP contribution in [0, 0.1) is 18.8 Å². The maximum Gasteiger partial charge on any atom is 0.162 e. The molecule has 2 nitrogen and oxygen atoms in total. The second-order valence-corrected chi connectivity index (χ2v) is 11.2. The van der Waals surface area contributed by atoms with E-state index in [1.165, 1.54) is 60.8 Å². The second kappa shape index (κ2) is 15.1. The molecule has 1 saturated carbocycles. The number of hydrogen-bond donors (Lipinski definition) is 0. The summed E-state index contributed by atoms with van der Waals surface area (Å²) in [5.41, 5.74) is 6.55. The van der Waals surface area contributed by atoms with Gasteiger partial charge in [0.1, 0.15) is 5.78 Å². The summed E-state index contributed by atoms with van der Waals surface area (Å²) in [6.07, 6.45) is 15.8. The van der Waals surface area contributed by atoms with Crippen molar-refractivity contribution < 1.29 is 9.59 Å². The van der Waals surface area contributed by atoms with Crippen LogP contribution in [0.25, 0.3) is 0 Å². The summed E-state index contributed by atoms with van der Waals surface area (Å²) in [6.45, 7) is 6.73. The molecule has 2 atom stereocenters. The van der Waals surface area contributed by atoms with Crippen LogP contribution in [-0.4, -0.2) is 11.6 Å². The fraction of sp³-hybridized carbons (Fsp3) is 0.588. The second-order valence-electron chi connectivity index (χ2n) is 11.2. The molecule has 3 rings (SSSR count). The summed E-state index contributed by atoms with van der Waals surface area (Å²) in [5, 5.41) is 0. The molecule has 2 aromatic rings. The Morgan fingerprint density at radius 1 is 0.972 bits per heavy atom. The lowest BCUT2D eigenvalue weighted by Gasteiger charge is -2.20. The molecule has 196 valence electrons. The van der Waals surface area contributed by atoms with Crippen molar-refractivity contribution in [3.05, 3.63) is 70.3 Å². The highest BCUT2D eigenvalue weighted by atomic mass is 16.1. The molecule has 2 heteroatoms. The SMILES string of the molecule is CCCC(CCCc1ccc(C(=O)CCCCC2CCCC(=O)C2)cc1CC)Cc1ccccc1C. The first kappa shape index (κ1) is 28.4. The van der Waals surface area contributed by atoms with Crippen LogP contribution in [0.2, 0.25) is 0 Å². The highest BCUT2D eigenvalue weighted by molar-refractivity contribution is 5.96. The van der Waals surface area contributed by atoms with Gasteiger partial charge < -0.3 is 0 Å². The van der Waals surface area contributed by atoms with Crippen molar-refractivity contribution in [2.45, 2.75) is 117 Å².